The summed E-state index contributed by atoms with van der Waals surface area (Å²) in [7, 11) is 6.57. The Bertz CT molecular complexity index is 860. The molecule has 1 heteroatoms. The summed E-state index contributed by atoms with van der Waals surface area (Å²) < 4.78 is 0. The minimum atomic E-state index is -0.0991. The van der Waals surface area contributed by atoms with Crippen LogP contribution in [0, 0.1) is 0 Å². The standard InChI is InChI=1S/C24H25B/c1-17(2)19-14-10-15-21(23(19)25)20-13-8-9-16-22(20)24(3,4)18-11-6-5-7-12-18/h5-17H,1-4H3. The van der Waals surface area contributed by atoms with E-state index in [9.17, 15) is 0 Å². The van der Waals surface area contributed by atoms with Crippen LogP contribution in [0.3, 0.4) is 0 Å². The second kappa shape index (κ2) is 6.92. The third kappa shape index (κ3) is 3.29. The molecule has 0 spiro atoms. The van der Waals surface area contributed by atoms with Crippen molar-refractivity contribution in [3.05, 3.63) is 89.5 Å². The number of hydrogen-bond donors (Lipinski definition) is 0. The fraction of sp³-hybridized carbons (Fsp3) is 0.250. The summed E-state index contributed by atoms with van der Waals surface area (Å²) in [5.41, 5.74) is 6.97. The van der Waals surface area contributed by atoms with E-state index < -0.39 is 0 Å². The van der Waals surface area contributed by atoms with Gasteiger partial charge in [-0.1, -0.05) is 112 Å². The molecular weight excluding hydrogens is 299 g/mol. The molecule has 0 aliphatic heterocycles. The van der Waals surface area contributed by atoms with E-state index in [0.29, 0.717) is 5.92 Å². The topological polar surface area (TPSA) is 0 Å². The predicted octanol–water partition coefficient (Wildman–Crippen LogP) is 5.60. The van der Waals surface area contributed by atoms with Crippen LogP contribution in [0.4, 0.5) is 0 Å². The van der Waals surface area contributed by atoms with Crippen molar-refractivity contribution in [2.45, 2.75) is 39.0 Å². The van der Waals surface area contributed by atoms with Crippen LogP contribution in [-0.4, -0.2) is 7.85 Å². The van der Waals surface area contributed by atoms with E-state index in [0.717, 1.165) is 11.0 Å². The Morgan fingerprint density at radius 3 is 2.00 bits per heavy atom. The minimum Gasteiger partial charge on any atom is -0.0856 e. The smallest absolute Gasteiger partial charge is 0.0856 e. The molecule has 3 aromatic rings. The van der Waals surface area contributed by atoms with Crippen LogP contribution in [0.5, 0.6) is 0 Å². The molecule has 0 saturated heterocycles. The van der Waals surface area contributed by atoms with Crippen LogP contribution in [0.15, 0.2) is 72.8 Å². The van der Waals surface area contributed by atoms with E-state index in [1.807, 2.05) is 0 Å². The molecule has 3 rings (SSSR count). The van der Waals surface area contributed by atoms with Gasteiger partial charge in [0.15, 0.2) is 0 Å². The van der Waals surface area contributed by atoms with E-state index >= 15 is 0 Å². The van der Waals surface area contributed by atoms with Crippen LogP contribution in [-0.2, 0) is 5.41 Å². The third-order valence-electron chi connectivity index (χ3n) is 5.15. The maximum atomic E-state index is 6.57. The Hall–Kier alpha value is -2.28. The molecule has 0 bridgehead atoms. The molecule has 0 aliphatic rings. The number of hydrogen-bond acceptors (Lipinski definition) is 0. The summed E-state index contributed by atoms with van der Waals surface area (Å²) in [4.78, 5) is 0. The van der Waals surface area contributed by atoms with Crippen molar-refractivity contribution >= 4 is 13.3 Å². The Morgan fingerprint density at radius 2 is 1.32 bits per heavy atom. The lowest BCUT2D eigenvalue weighted by atomic mass is 9.72. The SMILES string of the molecule is [B]c1c(-c2ccccc2C(C)(C)c2ccccc2)cccc1C(C)C. The van der Waals surface area contributed by atoms with Crippen molar-refractivity contribution in [1.29, 1.82) is 0 Å². The molecule has 0 nitrogen and oxygen atoms in total. The first-order valence-corrected chi connectivity index (χ1v) is 8.96. The van der Waals surface area contributed by atoms with Gasteiger partial charge in [0.1, 0.15) is 7.85 Å². The summed E-state index contributed by atoms with van der Waals surface area (Å²) in [6, 6.07) is 25.7. The van der Waals surface area contributed by atoms with Crippen LogP contribution < -0.4 is 5.46 Å². The van der Waals surface area contributed by atoms with Crippen molar-refractivity contribution < 1.29 is 0 Å². The average molecular weight is 324 g/mol. The Kier molecular flexibility index (Phi) is 4.86. The first-order chi connectivity index (χ1) is 11.9. The van der Waals surface area contributed by atoms with Gasteiger partial charge in [-0.15, -0.1) is 0 Å². The number of rotatable bonds is 4. The molecule has 0 saturated carbocycles. The Morgan fingerprint density at radius 1 is 0.720 bits per heavy atom. The van der Waals surface area contributed by atoms with E-state index in [2.05, 4.69) is 100 Å². The molecule has 0 unspecified atom stereocenters. The molecule has 0 fully saturated rings. The highest BCUT2D eigenvalue weighted by atomic mass is 14.3. The average Bonchev–Trinajstić information content (AvgIpc) is 2.62. The molecule has 25 heavy (non-hydrogen) atoms. The van der Waals surface area contributed by atoms with Crippen LogP contribution in [0.25, 0.3) is 11.1 Å². The molecule has 0 aromatic heterocycles. The van der Waals surface area contributed by atoms with Gasteiger partial charge in [-0.3, -0.25) is 0 Å². The molecule has 124 valence electrons. The van der Waals surface area contributed by atoms with Gasteiger partial charge in [0, 0.05) is 5.41 Å². The van der Waals surface area contributed by atoms with Crippen molar-refractivity contribution in [2.75, 3.05) is 0 Å². The lowest BCUT2D eigenvalue weighted by molar-refractivity contribution is 0.643. The van der Waals surface area contributed by atoms with Gasteiger partial charge < -0.3 is 0 Å². The fourth-order valence-electron chi connectivity index (χ4n) is 3.59. The maximum Gasteiger partial charge on any atom is 0.115 e. The van der Waals surface area contributed by atoms with Gasteiger partial charge >= 0.3 is 0 Å². The van der Waals surface area contributed by atoms with Gasteiger partial charge in [-0.05, 0) is 28.2 Å². The second-order valence-electron chi connectivity index (χ2n) is 7.50. The lowest BCUT2D eigenvalue weighted by Gasteiger charge is -2.29. The van der Waals surface area contributed by atoms with Crippen molar-refractivity contribution in [3.63, 3.8) is 0 Å². The molecule has 0 N–H and O–H groups in total. The van der Waals surface area contributed by atoms with Crippen LogP contribution in [0.2, 0.25) is 0 Å². The zero-order valence-electron chi connectivity index (χ0n) is 15.6. The Balaban J connectivity index is 2.20. The summed E-state index contributed by atoms with van der Waals surface area (Å²) in [5.74, 6) is 0.411. The van der Waals surface area contributed by atoms with Crippen molar-refractivity contribution in [2.24, 2.45) is 0 Å². The van der Waals surface area contributed by atoms with Crippen molar-refractivity contribution in [1.82, 2.24) is 0 Å². The Labute approximate surface area is 153 Å². The highest BCUT2D eigenvalue weighted by Crippen LogP contribution is 2.37. The molecular formula is C24H25B. The monoisotopic (exact) mass is 324 g/mol. The largest absolute Gasteiger partial charge is 0.115 e. The second-order valence-corrected chi connectivity index (χ2v) is 7.50. The van der Waals surface area contributed by atoms with Gasteiger partial charge in [0.2, 0.25) is 0 Å². The molecule has 3 aromatic carbocycles. The highest BCUT2D eigenvalue weighted by Gasteiger charge is 2.26. The van der Waals surface area contributed by atoms with Gasteiger partial charge in [-0.2, -0.15) is 0 Å². The van der Waals surface area contributed by atoms with E-state index in [1.54, 1.807) is 0 Å². The van der Waals surface area contributed by atoms with E-state index in [4.69, 9.17) is 7.85 Å². The maximum absolute atomic E-state index is 6.57. The van der Waals surface area contributed by atoms with E-state index in [-0.39, 0.29) is 5.41 Å². The van der Waals surface area contributed by atoms with E-state index in [1.165, 1.54) is 22.3 Å². The molecule has 0 aliphatic carbocycles. The lowest BCUT2D eigenvalue weighted by Crippen LogP contribution is -2.22. The van der Waals surface area contributed by atoms with Gasteiger partial charge in [0.25, 0.3) is 0 Å². The molecule has 0 heterocycles. The predicted molar refractivity (Wildman–Crippen MR) is 110 cm³/mol. The summed E-state index contributed by atoms with van der Waals surface area (Å²) >= 11 is 0. The normalized spacial score (nSPS) is 11.7. The van der Waals surface area contributed by atoms with Crippen molar-refractivity contribution in [3.8, 4) is 11.1 Å². The zero-order chi connectivity index (χ0) is 18.0. The van der Waals surface area contributed by atoms with Crippen LogP contribution >= 0.6 is 0 Å². The zero-order valence-corrected chi connectivity index (χ0v) is 15.6. The quantitative estimate of drug-likeness (QED) is 0.548. The van der Waals surface area contributed by atoms with Gasteiger partial charge in [-0.25, -0.2) is 0 Å². The first-order valence-electron chi connectivity index (χ1n) is 8.96. The van der Waals surface area contributed by atoms with Crippen LogP contribution in [0.1, 0.15) is 50.3 Å². The van der Waals surface area contributed by atoms with Gasteiger partial charge in [0.05, 0.1) is 0 Å². The molecule has 0 atom stereocenters. The molecule has 2 radical (unpaired) electrons. The molecule has 0 amide bonds. The summed E-state index contributed by atoms with van der Waals surface area (Å²) in [6.07, 6.45) is 0. The minimum absolute atomic E-state index is 0.0991. The number of benzene rings is 3. The first kappa shape index (κ1) is 17.5. The third-order valence-corrected chi connectivity index (χ3v) is 5.15. The fourth-order valence-corrected chi connectivity index (χ4v) is 3.59. The summed E-state index contributed by atoms with van der Waals surface area (Å²) in [5, 5.41) is 0. The summed E-state index contributed by atoms with van der Waals surface area (Å²) in [6.45, 7) is 8.94. The highest BCUT2D eigenvalue weighted by molar-refractivity contribution is 6.37.